The average Bonchev–Trinajstić information content (AvgIpc) is 2.60. The number of halogens is 1. The van der Waals surface area contributed by atoms with E-state index in [1.807, 2.05) is 12.1 Å². The highest BCUT2D eigenvalue weighted by Gasteiger charge is 2.36. The molecule has 1 aliphatic heterocycles. The van der Waals surface area contributed by atoms with E-state index in [0.717, 1.165) is 5.39 Å². The number of allylic oxidation sites excluding steroid dienone is 2. The fourth-order valence-corrected chi connectivity index (χ4v) is 3.14. The number of ether oxygens (including phenoxy) is 2. The Hall–Kier alpha value is -3.04. The Labute approximate surface area is 155 Å². The average molecular weight is 370 g/mol. The number of nitrogens with two attached hydrogens (primary N) is 1. The molecule has 6 nitrogen and oxygen atoms in total. The van der Waals surface area contributed by atoms with E-state index >= 15 is 0 Å². The smallest absolute Gasteiger partial charge is 0.338 e. The number of esters is 1. The number of benzene rings is 1. The number of hydrogen-bond acceptors (Lipinski definition) is 6. The molecule has 2 heterocycles. The van der Waals surface area contributed by atoms with Gasteiger partial charge in [0.2, 0.25) is 5.88 Å². The molecule has 1 aromatic heterocycles. The van der Waals surface area contributed by atoms with Crippen molar-refractivity contribution in [2.45, 2.75) is 19.8 Å². The zero-order chi connectivity index (χ0) is 18.8. The molecule has 2 N–H and O–H groups in total. The molecule has 0 fully saturated rings. The molecule has 26 heavy (non-hydrogen) atoms. The molecule has 3 rings (SSSR count). The first-order valence-electron chi connectivity index (χ1n) is 7.98. The number of pyridine rings is 1. The van der Waals surface area contributed by atoms with Gasteiger partial charge in [-0.15, -0.1) is 0 Å². The second-order valence-electron chi connectivity index (χ2n) is 5.70. The first kappa shape index (κ1) is 17.8. The summed E-state index contributed by atoms with van der Waals surface area (Å²) in [6.45, 7) is 3.56. The number of carbonyl (C=O) groups is 1. The van der Waals surface area contributed by atoms with Crippen LogP contribution in [0.1, 0.15) is 25.3 Å². The molecule has 1 atom stereocenters. The van der Waals surface area contributed by atoms with Crippen molar-refractivity contribution in [3.8, 4) is 6.07 Å². The van der Waals surface area contributed by atoms with Crippen LogP contribution in [0.4, 0.5) is 0 Å². The lowest BCUT2D eigenvalue weighted by Gasteiger charge is -2.27. The summed E-state index contributed by atoms with van der Waals surface area (Å²) in [7, 11) is 0. The van der Waals surface area contributed by atoms with Gasteiger partial charge < -0.3 is 15.2 Å². The molecule has 7 heteroatoms. The number of carbonyl (C=O) groups excluding carboxylic acids is 1. The summed E-state index contributed by atoms with van der Waals surface area (Å²) < 4.78 is 10.6. The number of fused-ring (bicyclic) bond motifs is 1. The second-order valence-corrected chi connectivity index (χ2v) is 6.09. The van der Waals surface area contributed by atoms with E-state index in [1.165, 1.54) is 0 Å². The Balaban J connectivity index is 2.19. The standard InChI is InChI=1S/C19H16ClN3O3/c1-3-25-19(24)16-10(2)26-18(22)13(9-21)17(16)12-4-6-14-11(8-12)5-7-15(20)23-14/h4-8,17H,3,22H2,1-2H3. The van der Waals surface area contributed by atoms with Gasteiger partial charge in [-0.1, -0.05) is 17.7 Å². The predicted molar refractivity (Wildman–Crippen MR) is 96.7 cm³/mol. The molecule has 0 bridgehead atoms. The largest absolute Gasteiger partial charge is 0.463 e. The minimum absolute atomic E-state index is 0.0163. The minimum Gasteiger partial charge on any atom is -0.463 e. The molecule has 1 aromatic carbocycles. The number of nitrogens with zero attached hydrogens (tertiary/aromatic N) is 2. The molecule has 0 saturated heterocycles. The Bertz CT molecular complexity index is 1000. The Morgan fingerprint density at radius 2 is 2.19 bits per heavy atom. The van der Waals surface area contributed by atoms with E-state index in [-0.39, 0.29) is 23.6 Å². The van der Waals surface area contributed by atoms with Gasteiger partial charge in [-0.3, -0.25) is 0 Å². The third-order valence-corrected chi connectivity index (χ3v) is 4.32. The number of aromatic nitrogens is 1. The van der Waals surface area contributed by atoms with Crippen LogP contribution in [-0.4, -0.2) is 17.6 Å². The molecule has 1 aliphatic rings. The molecule has 0 aliphatic carbocycles. The van der Waals surface area contributed by atoms with Gasteiger partial charge in [0.05, 0.1) is 23.6 Å². The Morgan fingerprint density at radius 3 is 2.88 bits per heavy atom. The van der Waals surface area contributed by atoms with Crippen LogP contribution in [0.15, 0.2) is 53.1 Å². The summed E-state index contributed by atoms with van der Waals surface area (Å²) in [5.41, 5.74) is 7.75. The highest BCUT2D eigenvalue weighted by molar-refractivity contribution is 6.29. The summed E-state index contributed by atoms with van der Waals surface area (Å²) in [6, 6.07) is 11.0. The number of nitriles is 1. The third-order valence-electron chi connectivity index (χ3n) is 4.11. The first-order valence-corrected chi connectivity index (χ1v) is 8.35. The summed E-state index contributed by atoms with van der Waals surface area (Å²) >= 11 is 5.93. The van der Waals surface area contributed by atoms with Crippen LogP contribution in [0.2, 0.25) is 5.15 Å². The summed E-state index contributed by atoms with van der Waals surface area (Å²) in [6.07, 6.45) is 0. The SMILES string of the molecule is CCOC(=O)C1=C(C)OC(N)=C(C#N)C1c1ccc2nc(Cl)ccc2c1. The zero-order valence-corrected chi connectivity index (χ0v) is 15.0. The lowest BCUT2D eigenvalue weighted by atomic mass is 9.82. The van der Waals surface area contributed by atoms with Gasteiger partial charge in [-0.2, -0.15) is 5.26 Å². The lowest BCUT2D eigenvalue weighted by Crippen LogP contribution is -2.25. The second kappa shape index (κ2) is 7.06. The van der Waals surface area contributed by atoms with Crippen molar-refractivity contribution in [2.24, 2.45) is 5.73 Å². The Morgan fingerprint density at radius 1 is 1.42 bits per heavy atom. The van der Waals surface area contributed by atoms with E-state index in [4.69, 9.17) is 26.8 Å². The normalized spacial score (nSPS) is 17.1. The van der Waals surface area contributed by atoms with Gasteiger partial charge in [0.15, 0.2) is 0 Å². The van der Waals surface area contributed by atoms with E-state index in [2.05, 4.69) is 11.1 Å². The van der Waals surface area contributed by atoms with Crippen LogP contribution in [-0.2, 0) is 14.3 Å². The van der Waals surface area contributed by atoms with E-state index < -0.39 is 11.9 Å². The highest BCUT2D eigenvalue weighted by atomic mass is 35.5. The minimum atomic E-state index is -0.673. The zero-order valence-electron chi connectivity index (χ0n) is 14.2. The molecule has 0 spiro atoms. The summed E-state index contributed by atoms with van der Waals surface area (Å²) in [5.74, 6) is -0.908. The van der Waals surface area contributed by atoms with Crippen molar-refractivity contribution >= 4 is 28.5 Å². The molecular formula is C19H16ClN3O3. The molecule has 0 radical (unpaired) electrons. The van der Waals surface area contributed by atoms with Crippen LogP contribution in [0, 0.1) is 11.3 Å². The fourth-order valence-electron chi connectivity index (χ4n) is 2.99. The van der Waals surface area contributed by atoms with Crippen molar-refractivity contribution in [1.29, 1.82) is 5.26 Å². The van der Waals surface area contributed by atoms with Crippen LogP contribution in [0.3, 0.4) is 0 Å². The maximum absolute atomic E-state index is 12.5. The van der Waals surface area contributed by atoms with E-state index in [1.54, 1.807) is 32.0 Å². The van der Waals surface area contributed by atoms with Gasteiger partial charge in [0.1, 0.15) is 22.6 Å². The third kappa shape index (κ3) is 3.09. The van der Waals surface area contributed by atoms with Crippen molar-refractivity contribution < 1.29 is 14.3 Å². The summed E-state index contributed by atoms with van der Waals surface area (Å²) in [5, 5.41) is 10.8. The van der Waals surface area contributed by atoms with Crippen molar-refractivity contribution in [3.05, 3.63) is 63.8 Å². The first-order chi connectivity index (χ1) is 12.5. The van der Waals surface area contributed by atoms with Crippen LogP contribution in [0.25, 0.3) is 10.9 Å². The van der Waals surface area contributed by atoms with E-state index in [0.29, 0.717) is 22.0 Å². The maximum Gasteiger partial charge on any atom is 0.338 e. The van der Waals surface area contributed by atoms with Crippen LogP contribution < -0.4 is 5.73 Å². The molecule has 1 unspecified atom stereocenters. The molecule has 0 saturated carbocycles. The van der Waals surface area contributed by atoms with Crippen molar-refractivity contribution in [3.63, 3.8) is 0 Å². The number of rotatable bonds is 3. The van der Waals surface area contributed by atoms with Crippen LogP contribution >= 0.6 is 11.6 Å². The Kier molecular flexibility index (Phi) is 4.83. The molecule has 2 aromatic rings. The van der Waals surface area contributed by atoms with Crippen molar-refractivity contribution in [1.82, 2.24) is 4.98 Å². The van der Waals surface area contributed by atoms with Crippen molar-refractivity contribution in [2.75, 3.05) is 6.61 Å². The predicted octanol–water partition coefficient (Wildman–Crippen LogP) is 3.53. The fraction of sp³-hybridized carbons (Fsp3) is 0.211. The van der Waals surface area contributed by atoms with Crippen LogP contribution in [0.5, 0.6) is 0 Å². The molecule has 0 amide bonds. The van der Waals surface area contributed by atoms with E-state index in [9.17, 15) is 10.1 Å². The molecular weight excluding hydrogens is 354 g/mol. The lowest BCUT2D eigenvalue weighted by molar-refractivity contribution is -0.139. The van der Waals surface area contributed by atoms with Gasteiger partial charge in [-0.25, -0.2) is 9.78 Å². The van der Waals surface area contributed by atoms with Gasteiger partial charge in [0.25, 0.3) is 0 Å². The van der Waals surface area contributed by atoms with Gasteiger partial charge in [0, 0.05) is 5.39 Å². The highest BCUT2D eigenvalue weighted by Crippen LogP contribution is 2.40. The van der Waals surface area contributed by atoms with Gasteiger partial charge in [-0.05, 0) is 43.7 Å². The monoisotopic (exact) mass is 369 g/mol. The topological polar surface area (TPSA) is 98.2 Å². The summed E-state index contributed by atoms with van der Waals surface area (Å²) in [4.78, 5) is 16.8. The van der Waals surface area contributed by atoms with Gasteiger partial charge >= 0.3 is 5.97 Å². The quantitative estimate of drug-likeness (QED) is 0.656. The molecule has 132 valence electrons. The number of hydrogen-bond donors (Lipinski definition) is 1. The maximum atomic E-state index is 12.5.